The number of ether oxygens (including phenoxy) is 3. The monoisotopic (exact) mass is 735 g/mol. The van der Waals surface area contributed by atoms with Crippen molar-refractivity contribution < 1.29 is 19.0 Å². The standard InChI is InChI=1S/C43H57N7O4/c1-26(47-18-29-15-30(29)19-47)31-20-49(21-31)41-44-37-24-46(38-17-34(53-25-52-5)16-28-10-9-27-7-6-8-35(27)39(28)38)14-13-36(37)40(45-41)48-22-32-11-12-33(23-48)50(32)42(51)54-43(2,3)4/h9-10,16-17,26,29-33H,6-8,11-15,18-25H2,1-5H3/t26?,29?,30?,32-,33+. The Morgan fingerprint density at radius 1 is 0.907 bits per heavy atom. The van der Waals surface area contributed by atoms with E-state index in [4.69, 9.17) is 24.2 Å². The Bertz CT molecular complexity index is 1930. The van der Waals surface area contributed by atoms with Gasteiger partial charge in [-0.05, 0) is 107 Å². The number of piperidine rings is 1. The van der Waals surface area contributed by atoms with E-state index < -0.39 is 5.60 Å². The third-order valence-corrected chi connectivity index (χ3v) is 13.7. The summed E-state index contributed by atoms with van der Waals surface area (Å²) in [6.45, 7) is 16.2. The lowest BCUT2D eigenvalue weighted by Gasteiger charge is -2.46. The van der Waals surface area contributed by atoms with Crippen molar-refractivity contribution in [2.24, 2.45) is 17.8 Å². The minimum absolute atomic E-state index is 0.122. The zero-order chi connectivity index (χ0) is 36.9. The molecule has 10 rings (SSSR count). The highest BCUT2D eigenvalue weighted by molar-refractivity contribution is 5.99. The van der Waals surface area contributed by atoms with Crippen LogP contribution in [0.25, 0.3) is 10.8 Å². The van der Waals surface area contributed by atoms with E-state index in [9.17, 15) is 4.79 Å². The second-order valence-electron chi connectivity index (χ2n) is 18.4. The Labute approximate surface area is 319 Å². The number of fused-ring (bicyclic) bond motifs is 7. The molecule has 3 unspecified atom stereocenters. The van der Waals surface area contributed by atoms with Gasteiger partial charge in [-0.2, -0.15) is 4.98 Å². The van der Waals surface area contributed by atoms with Crippen molar-refractivity contribution in [2.75, 3.05) is 74.4 Å². The molecular weight excluding hydrogens is 679 g/mol. The fraction of sp³-hybridized carbons (Fsp3) is 0.651. The van der Waals surface area contributed by atoms with Crippen LogP contribution in [-0.2, 0) is 35.3 Å². The number of piperazine rings is 1. The molecule has 1 saturated carbocycles. The van der Waals surface area contributed by atoms with Gasteiger partial charge < -0.3 is 28.9 Å². The molecule has 1 amide bonds. The number of nitrogens with zero attached hydrogens (tertiary/aromatic N) is 7. The molecule has 288 valence electrons. The number of carbonyl (C=O) groups excluding carboxylic acids is 1. The van der Waals surface area contributed by atoms with Crippen LogP contribution >= 0.6 is 0 Å². The number of aryl methyl sites for hydroxylation is 2. The summed E-state index contributed by atoms with van der Waals surface area (Å²) in [6, 6.07) is 9.83. The Kier molecular flexibility index (Phi) is 8.43. The first-order valence-electron chi connectivity index (χ1n) is 20.7. The number of hydrogen-bond donors (Lipinski definition) is 0. The smallest absolute Gasteiger partial charge is 0.410 e. The van der Waals surface area contributed by atoms with Crippen LogP contribution in [0.15, 0.2) is 24.3 Å². The van der Waals surface area contributed by atoms with Crippen LogP contribution in [0.1, 0.15) is 75.8 Å². The second kappa shape index (κ2) is 13.1. The lowest BCUT2D eigenvalue weighted by molar-refractivity contribution is 0.0122. The van der Waals surface area contributed by atoms with Crippen molar-refractivity contribution in [1.82, 2.24) is 19.8 Å². The van der Waals surface area contributed by atoms with Gasteiger partial charge in [-0.15, -0.1) is 0 Å². The molecule has 5 aliphatic heterocycles. The van der Waals surface area contributed by atoms with Crippen molar-refractivity contribution in [3.05, 3.63) is 46.6 Å². The molecule has 1 aromatic heterocycles. The average molecular weight is 736 g/mol. The van der Waals surface area contributed by atoms with Crippen LogP contribution in [0.2, 0.25) is 0 Å². The van der Waals surface area contributed by atoms with Crippen LogP contribution in [0, 0.1) is 17.8 Å². The van der Waals surface area contributed by atoms with Crippen LogP contribution in [0.5, 0.6) is 5.75 Å². The summed E-state index contributed by atoms with van der Waals surface area (Å²) >= 11 is 0. The van der Waals surface area contributed by atoms with Gasteiger partial charge >= 0.3 is 6.09 Å². The van der Waals surface area contributed by atoms with Crippen LogP contribution in [-0.4, -0.2) is 109 Å². The minimum Gasteiger partial charge on any atom is -0.467 e. The number of aromatic nitrogens is 2. The molecule has 11 heteroatoms. The lowest BCUT2D eigenvalue weighted by Crippen LogP contribution is -2.58. The van der Waals surface area contributed by atoms with E-state index >= 15 is 0 Å². The molecule has 7 aliphatic rings. The average Bonchev–Trinajstić information content (AvgIpc) is 3.40. The van der Waals surface area contributed by atoms with Gasteiger partial charge in [-0.25, -0.2) is 9.78 Å². The van der Waals surface area contributed by atoms with Gasteiger partial charge in [0, 0.05) is 87.6 Å². The van der Waals surface area contributed by atoms with E-state index in [2.05, 4.69) is 50.8 Å². The Morgan fingerprint density at radius 3 is 2.43 bits per heavy atom. The number of methoxy groups -OCH3 is 1. The van der Waals surface area contributed by atoms with E-state index in [1.807, 2.05) is 25.7 Å². The molecule has 4 saturated heterocycles. The van der Waals surface area contributed by atoms with Crippen molar-refractivity contribution >= 4 is 34.3 Å². The van der Waals surface area contributed by atoms with Crippen molar-refractivity contribution in [3.63, 3.8) is 0 Å². The van der Waals surface area contributed by atoms with Gasteiger partial charge in [0.05, 0.1) is 24.3 Å². The first-order chi connectivity index (χ1) is 26.1. The summed E-state index contributed by atoms with van der Waals surface area (Å²) in [5.74, 6) is 5.32. The zero-order valence-corrected chi connectivity index (χ0v) is 32.9. The number of likely N-dealkylation sites (tertiary alicyclic amines) is 1. The van der Waals surface area contributed by atoms with E-state index in [1.165, 1.54) is 59.1 Å². The summed E-state index contributed by atoms with van der Waals surface area (Å²) in [6.07, 6.45) is 7.59. The Hall–Kier alpha value is -3.83. The highest BCUT2D eigenvalue weighted by atomic mass is 16.7. The van der Waals surface area contributed by atoms with Crippen molar-refractivity contribution in [2.45, 2.75) is 103 Å². The summed E-state index contributed by atoms with van der Waals surface area (Å²) in [7, 11) is 1.67. The number of amides is 1. The summed E-state index contributed by atoms with van der Waals surface area (Å²) in [5, 5.41) is 2.59. The van der Waals surface area contributed by atoms with Crippen molar-refractivity contribution in [3.8, 4) is 5.75 Å². The molecule has 2 aromatic carbocycles. The van der Waals surface area contributed by atoms with E-state index in [0.717, 1.165) is 106 Å². The maximum Gasteiger partial charge on any atom is 0.410 e. The highest BCUT2D eigenvalue weighted by Crippen LogP contribution is 2.47. The summed E-state index contributed by atoms with van der Waals surface area (Å²) in [5.41, 5.74) is 6.08. The van der Waals surface area contributed by atoms with E-state index in [1.54, 1.807) is 7.11 Å². The third-order valence-electron chi connectivity index (χ3n) is 13.7. The van der Waals surface area contributed by atoms with Gasteiger partial charge in [0.15, 0.2) is 6.79 Å². The number of carbonyl (C=O) groups is 1. The van der Waals surface area contributed by atoms with Crippen molar-refractivity contribution in [1.29, 1.82) is 0 Å². The first-order valence-corrected chi connectivity index (χ1v) is 20.7. The predicted molar refractivity (Wildman–Crippen MR) is 211 cm³/mol. The summed E-state index contributed by atoms with van der Waals surface area (Å²) in [4.78, 5) is 36.5. The molecular formula is C43H57N7O4. The molecule has 0 N–H and O–H groups in total. The molecule has 6 heterocycles. The minimum atomic E-state index is -0.511. The van der Waals surface area contributed by atoms with E-state index in [-0.39, 0.29) is 25.0 Å². The number of hydrogen-bond acceptors (Lipinski definition) is 10. The summed E-state index contributed by atoms with van der Waals surface area (Å²) < 4.78 is 17.3. The molecule has 5 atom stereocenters. The first kappa shape index (κ1) is 34.6. The van der Waals surface area contributed by atoms with Gasteiger partial charge in [0.2, 0.25) is 5.95 Å². The van der Waals surface area contributed by atoms with Gasteiger partial charge in [0.1, 0.15) is 17.2 Å². The van der Waals surface area contributed by atoms with Gasteiger partial charge in [-0.1, -0.05) is 12.1 Å². The normalized spacial score (nSPS) is 26.8. The fourth-order valence-corrected chi connectivity index (χ4v) is 10.7. The number of anilines is 3. The van der Waals surface area contributed by atoms with Crippen LogP contribution in [0.4, 0.5) is 22.2 Å². The second-order valence-corrected chi connectivity index (χ2v) is 18.4. The fourth-order valence-electron chi connectivity index (χ4n) is 10.7. The largest absolute Gasteiger partial charge is 0.467 e. The quantitative estimate of drug-likeness (QED) is 0.256. The molecule has 2 bridgehead atoms. The maximum atomic E-state index is 13.4. The third kappa shape index (κ3) is 6.14. The lowest BCUT2D eigenvalue weighted by atomic mass is 9.91. The SMILES string of the molecule is COCOc1cc(N2CCc3c(nc(N4CC(C(C)N5CC6CC6C5)C4)nc3N3C[C@H]4CC[C@@H](C3)N4C(=O)OC(C)(C)C)C2)c2c3c(ccc2c1)CCC3. The molecule has 54 heavy (non-hydrogen) atoms. The molecule has 0 radical (unpaired) electrons. The van der Waals surface area contributed by atoms with Gasteiger partial charge in [0.25, 0.3) is 0 Å². The molecule has 11 nitrogen and oxygen atoms in total. The molecule has 5 fully saturated rings. The predicted octanol–water partition coefficient (Wildman–Crippen LogP) is 6.03. The molecule has 2 aliphatic carbocycles. The maximum absolute atomic E-state index is 13.4. The molecule has 0 spiro atoms. The topological polar surface area (TPSA) is 86.7 Å². The number of benzene rings is 2. The van der Waals surface area contributed by atoms with Crippen LogP contribution < -0.4 is 19.4 Å². The van der Waals surface area contributed by atoms with Gasteiger partial charge in [-0.3, -0.25) is 9.80 Å². The number of rotatable bonds is 8. The zero-order valence-electron chi connectivity index (χ0n) is 32.9. The Morgan fingerprint density at radius 2 is 1.69 bits per heavy atom. The molecule has 3 aromatic rings. The Balaban J connectivity index is 0.975. The van der Waals surface area contributed by atoms with E-state index in [0.29, 0.717) is 12.0 Å². The highest BCUT2D eigenvalue weighted by Gasteiger charge is 2.49. The van der Waals surface area contributed by atoms with Crippen LogP contribution in [0.3, 0.4) is 0 Å².